The first-order chi connectivity index (χ1) is 16.2. The van der Waals surface area contributed by atoms with Crippen LogP contribution in [0.15, 0.2) is 84.9 Å². The van der Waals surface area contributed by atoms with E-state index in [4.69, 9.17) is 4.74 Å². The van der Waals surface area contributed by atoms with Gasteiger partial charge in [0.25, 0.3) is 0 Å². The molecule has 0 bridgehead atoms. The van der Waals surface area contributed by atoms with Gasteiger partial charge < -0.3 is 4.74 Å². The van der Waals surface area contributed by atoms with Crippen LogP contribution in [0.25, 0.3) is 10.9 Å². The van der Waals surface area contributed by atoms with E-state index in [9.17, 15) is 4.79 Å². The number of benzene rings is 3. The summed E-state index contributed by atoms with van der Waals surface area (Å²) in [5.74, 6) is 1.39. The fourth-order valence-corrected chi connectivity index (χ4v) is 3.61. The highest BCUT2D eigenvalue weighted by Gasteiger charge is 2.09. The summed E-state index contributed by atoms with van der Waals surface area (Å²) >= 11 is 0. The molecule has 0 unspecified atom stereocenters. The van der Waals surface area contributed by atoms with Gasteiger partial charge >= 0.3 is 0 Å². The molecule has 33 heavy (non-hydrogen) atoms. The van der Waals surface area contributed by atoms with Crippen LogP contribution in [0.2, 0.25) is 0 Å². The molecular formula is C26H21N5O2. The Balaban J connectivity index is 1.21. The molecule has 3 aromatic carbocycles. The maximum absolute atomic E-state index is 12.8. The van der Waals surface area contributed by atoms with Gasteiger partial charge in [-0.05, 0) is 45.8 Å². The molecule has 7 nitrogen and oxygen atoms in total. The van der Waals surface area contributed by atoms with Crippen molar-refractivity contribution >= 4 is 16.7 Å². The van der Waals surface area contributed by atoms with Gasteiger partial charge in [-0.3, -0.25) is 4.79 Å². The minimum Gasteiger partial charge on any atom is -0.487 e. The lowest BCUT2D eigenvalue weighted by molar-refractivity contribution is 0.0992. The van der Waals surface area contributed by atoms with E-state index in [1.807, 2.05) is 78.9 Å². The van der Waals surface area contributed by atoms with Crippen LogP contribution in [0.3, 0.4) is 0 Å². The van der Waals surface area contributed by atoms with E-state index >= 15 is 0 Å². The quantitative estimate of drug-likeness (QED) is 0.364. The molecule has 7 heteroatoms. The molecule has 2 aromatic heterocycles. The van der Waals surface area contributed by atoms with Crippen LogP contribution in [0.5, 0.6) is 5.75 Å². The summed E-state index contributed by atoms with van der Waals surface area (Å²) < 4.78 is 5.91. The molecule has 0 amide bonds. The Morgan fingerprint density at radius 2 is 1.73 bits per heavy atom. The van der Waals surface area contributed by atoms with E-state index in [0.29, 0.717) is 36.6 Å². The van der Waals surface area contributed by atoms with Gasteiger partial charge in [-0.15, -0.1) is 5.10 Å². The molecule has 1 N–H and O–H groups in total. The number of H-pyrrole nitrogens is 1. The normalized spacial score (nSPS) is 10.9. The Bertz CT molecular complexity index is 1380. The highest BCUT2D eigenvalue weighted by molar-refractivity contribution is 5.97. The summed E-state index contributed by atoms with van der Waals surface area (Å²) in [6, 6.07) is 27.2. The third-order valence-electron chi connectivity index (χ3n) is 5.35. The summed E-state index contributed by atoms with van der Waals surface area (Å²) in [5, 5.41) is 14.9. The molecule has 2 heterocycles. The highest BCUT2D eigenvalue weighted by Crippen LogP contribution is 2.18. The van der Waals surface area contributed by atoms with Crippen LogP contribution in [-0.2, 0) is 19.4 Å². The molecule has 162 valence electrons. The van der Waals surface area contributed by atoms with E-state index in [2.05, 4.69) is 25.6 Å². The lowest BCUT2D eigenvalue weighted by atomic mass is 10.0. The number of fused-ring (bicyclic) bond motifs is 1. The van der Waals surface area contributed by atoms with Gasteiger partial charge in [0.05, 0.1) is 11.2 Å². The van der Waals surface area contributed by atoms with Crippen molar-refractivity contribution in [2.75, 3.05) is 0 Å². The van der Waals surface area contributed by atoms with Crippen LogP contribution < -0.4 is 4.74 Å². The van der Waals surface area contributed by atoms with Crippen molar-refractivity contribution in [1.29, 1.82) is 0 Å². The average Bonchev–Trinajstić information content (AvgIpc) is 3.37. The van der Waals surface area contributed by atoms with Gasteiger partial charge in [-0.1, -0.05) is 60.7 Å². The van der Waals surface area contributed by atoms with Gasteiger partial charge in [-0.2, -0.15) is 0 Å². The second-order valence-corrected chi connectivity index (χ2v) is 7.75. The molecule has 0 atom stereocenters. The van der Waals surface area contributed by atoms with Crippen molar-refractivity contribution in [1.82, 2.24) is 25.6 Å². The Morgan fingerprint density at radius 3 is 2.58 bits per heavy atom. The minimum absolute atomic E-state index is 0.0384. The number of ketones is 1. The third-order valence-corrected chi connectivity index (χ3v) is 5.35. The molecule has 0 saturated heterocycles. The maximum Gasteiger partial charge on any atom is 0.167 e. The highest BCUT2D eigenvalue weighted by atomic mass is 16.5. The number of nitrogens with one attached hydrogen (secondary N) is 1. The molecule has 0 aliphatic carbocycles. The summed E-state index contributed by atoms with van der Waals surface area (Å²) in [6.07, 6.45) is 0.937. The van der Waals surface area contributed by atoms with E-state index in [0.717, 1.165) is 27.7 Å². The standard InChI is InChI=1S/C26H21N5O2/c32-25(14-18-8-10-19(11-9-18)15-26-28-30-31-29-26)21-5-3-6-23(16-21)33-17-22-13-12-20-4-1-2-7-24(20)27-22/h1-13,16H,14-15,17H2,(H,28,29,30,31). The van der Waals surface area contributed by atoms with E-state index in [1.54, 1.807) is 6.07 Å². The molecular weight excluding hydrogens is 414 g/mol. The van der Waals surface area contributed by atoms with E-state index in [-0.39, 0.29) is 5.78 Å². The van der Waals surface area contributed by atoms with Crippen molar-refractivity contribution in [3.05, 3.63) is 113 Å². The fraction of sp³-hybridized carbons (Fsp3) is 0.115. The number of nitrogens with zero attached hydrogens (tertiary/aromatic N) is 4. The van der Waals surface area contributed by atoms with Crippen molar-refractivity contribution < 1.29 is 9.53 Å². The SMILES string of the molecule is O=C(Cc1ccc(Cc2nnn[nH]2)cc1)c1cccc(OCc2ccc3ccccc3n2)c1. The number of carbonyl (C=O) groups excluding carboxylic acids is 1. The second-order valence-electron chi connectivity index (χ2n) is 7.75. The molecule has 0 saturated carbocycles. The van der Waals surface area contributed by atoms with E-state index < -0.39 is 0 Å². The lowest BCUT2D eigenvalue weighted by Gasteiger charge is -2.09. The number of pyridine rings is 1. The largest absolute Gasteiger partial charge is 0.487 e. The number of tetrazole rings is 1. The number of hydrogen-bond acceptors (Lipinski definition) is 6. The van der Waals surface area contributed by atoms with E-state index in [1.165, 1.54) is 0 Å². The zero-order chi connectivity index (χ0) is 22.5. The van der Waals surface area contributed by atoms with Crippen LogP contribution in [0.4, 0.5) is 0 Å². The number of para-hydroxylation sites is 1. The summed E-state index contributed by atoms with van der Waals surface area (Å²) in [5.41, 5.74) is 4.42. The molecule has 0 spiro atoms. The van der Waals surface area contributed by atoms with Crippen molar-refractivity contribution in [3.8, 4) is 5.75 Å². The Morgan fingerprint density at radius 1 is 0.879 bits per heavy atom. The minimum atomic E-state index is 0.0384. The zero-order valence-corrected chi connectivity index (χ0v) is 17.8. The third kappa shape index (κ3) is 5.10. The zero-order valence-electron chi connectivity index (χ0n) is 17.8. The smallest absolute Gasteiger partial charge is 0.167 e. The van der Waals surface area contributed by atoms with Crippen molar-refractivity contribution in [3.63, 3.8) is 0 Å². The number of rotatable bonds is 8. The van der Waals surface area contributed by atoms with Gasteiger partial charge in [0.15, 0.2) is 11.6 Å². The van der Waals surface area contributed by atoms with Crippen LogP contribution >= 0.6 is 0 Å². The summed E-state index contributed by atoms with van der Waals surface area (Å²) in [7, 11) is 0. The first kappa shape index (κ1) is 20.5. The Kier molecular flexibility index (Phi) is 5.84. The predicted octanol–water partition coefficient (Wildman–Crippen LogP) is 4.34. The molecule has 0 fully saturated rings. The van der Waals surface area contributed by atoms with Crippen LogP contribution in [-0.4, -0.2) is 31.4 Å². The number of carbonyl (C=O) groups is 1. The number of aromatic nitrogens is 5. The first-order valence-corrected chi connectivity index (χ1v) is 10.6. The molecule has 5 aromatic rings. The topological polar surface area (TPSA) is 93.7 Å². The van der Waals surface area contributed by atoms with Gasteiger partial charge in [0, 0.05) is 23.8 Å². The molecule has 0 radical (unpaired) electrons. The van der Waals surface area contributed by atoms with Crippen molar-refractivity contribution in [2.24, 2.45) is 0 Å². The number of aromatic amines is 1. The second kappa shape index (κ2) is 9.40. The van der Waals surface area contributed by atoms with Crippen LogP contribution in [0.1, 0.15) is 33.0 Å². The lowest BCUT2D eigenvalue weighted by Crippen LogP contribution is -2.05. The summed E-state index contributed by atoms with van der Waals surface area (Å²) in [4.78, 5) is 17.5. The van der Waals surface area contributed by atoms with Crippen LogP contribution in [0, 0.1) is 0 Å². The monoisotopic (exact) mass is 435 g/mol. The average molecular weight is 435 g/mol. The fourth-order valence-electron chi connectivity index (χ4n) is 3.61. The van der Waals surface area contributed by atoms with Gasteiger partial charge in [-0.25, -0.2) is 10.1 Å². The Hall–Kier alpha value is -4.39. The maximum atomic E-state index is 12.8. The number of ether oxygens (including phenoxy) is 1. The van der Waals surface area contributed by atoms with Gasteiger partial charge in [0.2, 0.25) is 0 Å². The number of Topliss-reactive ketones (excluding diaryl/α,β-unsaturated/α-hetero) is 1. The Labute approximate surface area is 190 Å². The molecule has 5 rings (SSSR count). The first-order valence-electron chi connectivity index (χ1n) is 10.6. The van der Waals surface area contributed by atoms with Gasteiger partial charge in [0.1, 0.15) is 12.4 Å². The predicted molar refractivity (Wildman–Crippen MR) is 124 cm³/mol. The molecule has 0 aliphatic rings. The molecule has 0 aliphatic heterocycles. The summed E-state index contributed by atoms with van der Waals surface area (Å²) in [6.45, 7) is 0.338. The van der Waals surface area contributed by atoms with Crippen molar-refractivity contribution in [2.45, 2.75) is 19.4 Å². The number of hydrogen-bond donors (Lipinski definition) is 1.